The first kappa shape index (κ1) is 24.2. The van der Waals surface area contributed by atoms with Crippen LogP contribution in [0.5, 0.6) is 11.6 Å². The van der Waals surface area contributed by atoms with E-state index in [0.717, 1.165) is 27.6 Å². The van der Waals surface area contributed by atoms with Crippen LogP contribution < -0.4 is 9.47 Å². The average Bonchev–Trinajstić information content (AvgIpc) is 2.96. The van der Waals surface area contributed by atoms with Crippen molar-refractivity contribution in [2.45, 2.75) is 6.92 Å². The topological polar surface area (TPSA) is 97.8 Å². The number of methoxy groups -OCH3 is 2. The van der Waals surface area contributed by atoms with Crippen LogP contribution in [-0.4, -0.2) is 77.0 Å². The largest absolute Gasteiger partial charge is 0.497 e. The van der Waals surface area contributed by atoms with Crippen molar-refractivity contribution in [2.75, 3.05) is 40.4 Å². The number of hydrogen-bond donors (Lipinski definition) is 0. The third-order valence-corrected chi connectivity index (χ3v) is 6.59. The zero-order valence-corrected chi connectivity index (χ0v) is 21.0. The van der Waals surface area contributed by atoms with Gasteiger partial charge >= 0.3 is 0 Å². The summed E-state index contributed by atoms with van der Waals surface area (Å²) in [5.41, 5.74) is 4.63. The van der Waals surface area contributed by atoms with Crippen molar-refractivity contribution in [1.82, 2.24) is 24.8 Å². The molecule has 3 heterocycles. The van der Waals surface area contributed by atoms with Crippen molar-refractivity contribution in [2.24, 2.45) is 0 Å². The van der Waals surface area contributed by atoms with E-state index < -0.39 is 0 Å². The molecule has 0 bridgehead atoms. The first-order valence-corrected chi connectivity index (χ1v) is 12.0. The molecule has 2 aromatic heterocycles. The smallest absolute Gasteiger partial charge is 0.254 e. The Morgan fingerprint density at radius 2 is 1.54 bits per heavy atom. The number of hydrogen-bond acceptors (Lipinski definition) is 7. The number of rotatable bonds is 5. The molecule has 0 spiro atoms. The van der Waals surface area contributed by atoms with Crippen LogP contribution in [-0.2, 0) is 4.79 Å². The highest BCUT2D eigenvalue weighted by Gasteiger charge is 2.24. The molecule has 0 radical (unpaired) electrons. The summed E-state index contributed by atoms with van der Waals surface area (Å²) in [4.78, 5) is 41.9. The number of benzene rings is 2. The van der Waals surface area contributed by atoms with Crippen LogP contribution in [0.25, 0.3) is 33.3 Å². The van der Waals surface area contributed by atoms with E-state index in [1.165, 1.54) is 6.33 Å². The Balaban J connectivity index is 1.52. The highest BCUT2D eigenvalue weighted by Crippen LogP contribution is 2.32. The maximum Gasteiger partial charge on any atom is 0.254 e. The number of nitrogens with zero attached hydrogens (tertiary/aromatic N) is 5. The molecule has 188 valence electrons. The second-order valence-corrected chi connectivity index (χ2v) is 8.79. The maximum absolute atomic E-state index is 13.4. The SMILES string of the molecule is COc1cc(C(=O)N2CCN(C(C)=O)CC2)cc(-c2ncnc3ccc(-c4ccc(OC)nc4)cc23)c1. The summed E-state index contributed by atoms with van der Waals surface area (Å²) in [7, 11) is 3.16. The normalized spacial score (nSPS) is 13.5. The van der Waals surface area contributed by atoms with Gasteiger partial charge in [-0.2, -0.15) is 0 Å². The van der Waals surface area contributed by atoms with Gasteiger partial charge in [0.15, 0.2) is 0 Å². The summed E-state index contributed by atoms with van der Waals surface area (Å²) in [6.07, 6.45) is 3.28. The van der Waals surface area contributed by atoms with Gasteiger partial charge in [-0.1, -0.05) is 6.07 Å². The first-order valence-electron chi connectivity index (χ1n) is 12.0. The minimum Gasteiger partial charge on any atom is -0.497 e. The van der Waals surface area contributed by atoms with Gasteiger partial charge in [0.1, 0.15) is 12.1 Å². The Hall–Kier alpha value is -4.53. The quantitative estimate of drug-likeness (QED) is 0.415. The molecule has 1 saturated heterocycles. The van der Waals surface area contributed by atoms with Crippen LogP contribution in [0.15, 0.2) is 61.1 Å². The minimum absolute atomic E-state index is 0.0243. The van der Waals surface area contributed by atoms with Crippen molar-refractivity contribution >= 4 is 22.7 Å². The number of pyridine rings is 1. The van der Waals surface area contributed by atoms with Gasteiger partial charge in [-0.3, -0.25) is 9.59 Å². The number of aromatic nitrogens is 3. The van der Waals surface area contributed by atoms with Gasteiger partial charge in [-0.25, -0.2) is 15.0 Å². The Morgan fingerprint density at radius 3 is 2.22 bits per heavy atom. The second-order valence-electron chi connectivity index (χ2n) is 8.79. The Morgan fingerprint density at radius 1 is 0.784 bits per heavy atom. The highest BCUT2D eigenvalue weighted by atomic mass is 16.5. The van der Waals surface area contributed by atoms with Gasteiger partial charge in [0.2, 0.25) is 11.8 Å². The molecule has 9 nitrogen and oxygen atoms in total. The molecule has 1 aliphatic heterocycles. The van der Waals surface area contributed by atoms with Crippen molar-refractivity contribution in [1.29, 1.82) is 0 Å². The molecule has 5 rings (SSSR count). The summed E-state index contributed by atoms with van der Waals surface area (Å²) in [5.74, 6) is 1.03. The molecule has 0 unspecified atom stereocenters. The van der Waals surface area contributed by atoms with Crippen molar-refractivity contribution < 1.29 is 19.1 Å². The number of piperazine rings is 1. The monoisotopic (exact) mass is 497 g/mol. The molecule has 9 heteroatoms. The fraction of sp³-hybridized carbons (Fsp3) is 0.250. The number of carbonyl (C=O) groups is 2. The van der Waals surface area contributed by atoms with Gasteiger partial charge in [0.25, 0.3) is 5.91 Å². The van der Waals surface area contributed by atoms with Crippen molar-refractivity contribution in [3.05, 3.63) is 66.6 Å². The molecule has 1 fully saturated rings. The first-order chi connectivity index (χ1) is 18.0. The minimum atomic E-state index is -0.105. The molecule has 1 aliphatic rings. The van der Waals surface area contributed by atoms with Gasteiger partial charge in [-0.05, 0) is 42.0 Å². The molecule has 0 saturated carbocycles. The van der Waals surface area contributed by atoms with Crippen LogP contribution in [0, 0.1) is 0 Å². The van der Waals surface area contributed by atoms with Crippen LogP contribution in [0.3, 0.4) is 0 Å². The summed E-state index contributed by atoms with van der Waals surface area (Å²) < 4.78 is 10.7. The van der Waals surface area contributed by atoms with Crippen LogP contribution in [0.2, 0.25) is 0 Å². The third kappa shape index (κ3) is 4.93. The highest BCUT2D eigenvalue weighted by molar-refractivity contribution is 5.99. The van der Waals surface area contributed by atoms with Gasteiger partial charge in [0.05, 0.1) is 25.4 Å². The molecular formula is C28H27N5O4. The predicted octanol–water partition coefficient (Wildman–Crippen LogP) is 3.68. The van der Waals surface area contributed by atoms with E-state index in [1.54, 1.807) is 43.2 Å². The van der Waals surface area contributed by atoms with Crippen LogP contribution in [0.1, 0.15) is 17.3 Å². The van der Waals surface area contributed by atoms with Crippen molar-refractivity contribution in [3.63, 3.8) is 0 Å². The fourth-order valence-corrected chi connectivity index (χ4v) is 4.52. The van der Waals surface area contributed by atoms with Crippen molar-refractivity contribution in [3.8, 4) is 34.0 Å². The van der Waals surface area contributed by atoms with E-state index in [0.29, 0.717) is 49.1 Å². The molecule has 37 heavy (non-hydrogen) atoms. The maximum atomic E-state index is 13.4. The van der Waals surface area contributed by atoms with Gasteiger partial charge in [0, 0.05) is 67.4 Å². The molecule has 0 atom stereocenters. The molecule has 2 amide bonds. The van der Waals surface area contributed by atoms with E-state index in [2.05, 4.69) is 15.0 Å². The molecular weight excluding hydrogens is 470 g/mol. The summed E-state index contributed by atoms with van der Waals surface area (Å²) in [6.45, 7) is 3.57. The number of amides is 2. The lowest BCUT2D eigenvalue weighted by Crippen LogP contribution is -2.50. The fourth-order valence-electron chi connectivity index (χ4n) is 4.52. The number of carbonyl (C=O) groups excluding carboxylic acids is 2. The van der Waals surface area contributed by atoms with E-state index in [-0.39, 0.29) is 11.8 Å². The van der Waals surface area contributed by atoms with Gasteiger partial charge < -0.3 is 19.3 Å². The van der Waals surface area contributed by atoms with Gasteiger partial charge in [-0.15, -0.1) is 0 Å². The molecule has 4 aromatic rings. The Labute approximate surface area is 214 Å². The average molecular weight is 498 g/mol. The Kier molecular flexibility index (Phi) is 6.68. The lowest BCUT2D eigenvalue weighted by atomic mass is 9.99. The zero-order valence-electron chi connectivity index (χ0n) is 21.0. The van der Waals surface area contributed by atoms with Crippen LogP contribution in [0.4, 0.5) is 0 Å². The van der Waals surface area contributed by atoms with E-state index >= 15 is 0 Å². The summed E-state index contributed by atoms with van der Waals surface area (Å²) in [5, 5.41) is 0.845. The lowest BCUT2D eigenvalue weighted by molar-refractivity contribution is -0.130. The predicted molar refractivity (Wildman–Crippen MR) is 139 cm³/mol. The number of fused-ring (bicyclic) bond motifs is 1. The summed E-state index contributed by atoms with van der Waals surface area (Å²) >= 11 is 0. The molecule has 2 aromatic carbocycles. The van der Waals surface area contributed by atoms with E-state index in [9.17, 15) is 9.59 Å². The van der Waals surface area contributed by atoms with E-state index in [1.807, 2.05) is 42.5 Å². The number of ether oxygens (including phenoxy) is 2. The lowest BCUT2D eigenvalue weighted by Gasteiger charge is -2.34. The summed E-state index contributed by atoms with van der Waals surface area (Å²) in [6, 6.07) is 15.2. The Bertz CT molecular complexity index is 1460. The van der Waals surface area contributed by atoms with E-state index in [4.69, 9.17) is 9.47 Å². The zero-order chi connectivity index (χ0) is 25.9. The second kappa shape index (κ2) is 10.2. The standard InChI is InChI=1S/C28H27N5O4/c1-18(34)32-8-10-33(11-9-32)28(35)22-12-21(13-23(14-22)36-2)27-24-15-19(4-6-25(24)30-17-31-27)20-5-7-26(37-3)29-16-20/h4-7,12-17H,8-11H2,1-3H3. The van der Waals surface area contributed by atoms with Crippen LogP contribution >= 0.6 is 0 Å². The third-order valence-electron chi connectivity index (χ3n) is 6.59. The molecule has 0 aliphatic carbocycles. The molecule has 0 N–H and O–H groups in total.